The molecule has 3 rings (SSSR count). The van der Waals surface area contributed by atoms with Crippen molar-refractivity contribution in [2.75, 3.05) is 26.2 Å². The van der Waals surface area contributed by atoms with Gasteiger partial charge in [0.25, 0.3) is 5.91 Å². The average Bonchev–Trinajstić information content (AvgIpc) is 3.06. The van der Waals surface area contributed by atoms with Crippen molar-refractivity contribution in [2.24, 2.45) is 0 Å². The molecular weight excluding hydrogens is 295 g/mol. The maximum Gasteiger partial charge on any atom is 0.257 e. The third kappa shape index (κ3) is 3.76. The summed E-state index contributed by atoms with van der Waals surface area (Å²) in [7, 11) is 0. The maximum atomic E-state index is 12.9. The normalized spacial score (nSPS) is 15.8. The van der Waals surface area contributed by atoms with E-state index < -0.39 is 0 Å². The van der Waals surface area contributed by atoms with Gasteiger partial charge in [-0.2, -0.15) is 5.10 Å². The SMILES string of the molecule is CCn1cc(C(=O)N2CCN(Cc3ccc(F)cc3)CC2)cn1. The summed E-state index contributed by atoms with van der Waals surface area (Å²) >= 11 is 0. The smallest absolute Gasteiger partial charge is 0.257 e. The van der Waals surface area contributed by atoms with Crippen LogP contribution in [-0.4, -0.2) is 51.7 Å². The van der Waals surface area contributed by atoms with E-state index in [1.165, 1.54) is 12.1 Å². The first-order chi connectivity index (χ1) is 11.2. The number of carbonyl (C=O) groups is 1. The molecule has 0 unspecified atom stereocenters. The zero-order chi connectivity index (χ0) is 16.2. The van der Waals surface area contributed by atoms with Crippen LogP contribution >= 0.6 is 0 Å². The topological polar surface area (TPSA) is 41.4 Å². The van der Waals surface area contributed by atoms with E-state index in [0.717, 1.165) is 31.7 Å². The first kappa shape index (κ1) is 15.7. The molecule has 0 atom stereocenters. The second-order valence-corrected chi connectivity index (χ2v) is 5.78. The highest BCUT2D eigenvalue weighted by Crippen LogP contribution is 2.12. The molecule has 0 radical (unpaired) electrons. The first-order valence-corrected chi connectivity index (χ1v) is 7.94. The highest BCUT2D eigenvalue weighted by molar-refractivity contribution is 5.93. The fraction of sp³-hybridized carbons (Fsp3) is 0.412. The molecule has 0 bridgehead atoms. The number of halogens is 1. The van der Waals surface area contributed by atoms with Crippen LogP contribution in [0.2, 0.25) is 0 Å². The Morgan fingerprint density at radius 2 is 1.87 bits per heavy atom. The Kier molecular flexibility index (Phi) is 4.71. The van der Waals surface area contributed by atoms with Crippen LogP contribution in [0.1, 0.15) is 22.8 Å². The number of aromatic nitrogens is 2. The Morgan fingerprint density at radius 3 is 2.48 bits per heavy atom. The van der Waals surface area contributed by atoms with Gasteiger partial charge in [0.05, 0.1) is 11.8 Å². The molecule has 0 aliphatic carbocycles. The van der Waals surface area contributed by atoms with E-state index in [2.05, 4.69) is 10.00 Å². The van der Waals surface area contributed by atoms with Gasteiger partial charge in [0.15, 0.2) is 0 Å². The molecule has 1 amide bonds. The van der Waals surface area contributed by atoms with Gasteiger partial charge in [-0.05, 0) is 24.6 Å². The second kappa shape index (κ2) is 6.91. The molecule has 1 aliphatic heterocycles. The molecule has 1 saturated heterocycles. The van der Waals surface area contributed by atoms with Crippen LogP contribution in [0, 0.1) is 5.82 Å². The largest absolute Gasteiger partial charge is 0.336 e. The van der Waals surface area contributed by atoms with E-state index in [4.69, 9.17) is 0 Å². The molecule has 122 valence electrons. The molecular formula is C17H21FN4O. The number of carbonyl (C=O) groups excluding carboxylic acids is 1. The standard InChI is InChI=1S/C17H21FN4O/c1-2-22-13-15(11-19-22)17(23)21-9-7-20(8-10-21)12-14-3-5-16(18)6-4-14/h3-6,11,13H,2,7-10,12H2,1H3. The number of benzene rings is 1. The van der Waals surface area contributed by atoms with Crippen LogP contribution < -0.4 is 0 Å². The summed E-state index contributed by atoms with van der Waals surface area (Å²) in [6.07, 6.45) is 3.43. The molecule has 0 saturated carbocycles. The van der Waals surface area contributed by atoms with E-state index >= 15 is 0 Å². The van der Waals surface area contributed by atoms with Crippen molar-refractivity contribution in [1.29, 1.82) is 0 Å². The predicted molar refractivity (Wildman–Crippen MR) is 85.5 cm³/mol. The number of aryl methyl sites for hydroxylation is 1. The Balaban J connectivity index is 1.53. The van der Waals surface area contributed by atoms with Crippen LogP contribution in [0.4, 0.5) is 4.39 Å². The van der Waals surface area contributed by atoms with Gasteiger partial charge in [0.2, 0.25) is 0 Å². The minimum absolute atomic E-state index is 0.0473. The molecule has 0 spiro atoms. The Morgan fingerprint density at radius 1 is 1.17 bits per heavy atom. The average molecular weight is 316 g/mol. The van der Waals surface area contributed by atoms with Crippen molar-refractivity contribution in [1.82, 2.24) is 19.6 Å². The molecule has 2 aromatic rings. The summed E-state index contributed by atoms with van der Waals surface area (Å²) in [6, 6.07) is 6.60. The van der Waals surface area contributed by atoms with Gasteiger partial charge >= 0.3 is 0 Å². The predicted octanol–water partition coefficient (Wildman–Crippen LogP) is 2.00. The van der Waals surface area contributed by atoms with Crippen molar-refractivity contribution in [2.45, 2.75) is 20.0 Å². The van der Waals surface area contributed by atoms with E-state index in [0.29, 0.717) is 18.7 Å². The van der Waals surface area contributed by atoms with Crippen molar-refractivity contribution in [3.8, 4) is 0 Å². The Labute approximate surface area is 135 Å². The Bertz CT molecular complexity index is 659. The lowest BCUT2D eigenvalue weighted by atomic mass is 10.2. The molecule has 1 fully saturated rings. The summed E-state index contributed by atoms with van der Waals surface area (Å²) in [4.78, 5) is 16.6. The monoisotopic (exact) mass is 316 g/mol. The lowest BCUT2D eigenvalue weighted by Gasteiger charge is -2.34. The minimum Gasteiger partial charge on any atom is -0.336 e. The van der Waals surface area contributed by atoms with Gasteiger partial charge in [-0.1, -0.05) is 12.1 Å². The zero-order valence-corrected chi connectivity index (χ0v) is 13.3. The molecule has 0 N–H and O–H groups in total. The van der Waals surface area contributed by atoms with Crippen molar-refractivity contribution >= 4 is 5.91 Å². The second-order valence-electron chi connectivity index (χ2n) is 5.78. The molecule has 1 aromatic heterocycles. The van der Waals surface area contributed by atoms with E-state index in [1.54, 1.807) is 17.1 Å². The quantitative estimate of drug-likeness (QED) is 0.866. The van der Waals surface area contributed by atoms with Crippen LogP contribution in [0.15, 0.2) is 36.7 Å². The van der Waals surface area contributed by atoms with Crippen molar-refractivity contribution in [3.05, 3.63) is 53.6 Å². The van der Waals surface area contributed by atoms with Gasteiger partial charge in [-0.25, -0.2) is 4.39 Å². The Hall–Kier alpha value is -2.21. The van der Waals surface area contributed by atoms with Crippen LogP contribution in [0.5, 0.6) is 0 Å². The van der Waals surface area contributed by atoms with Crippen LogP contribution in [-0.2, 0) is 13.1 Å². The molecule has 2 heterocycles. The van der Waals surface area contributed by atoms with Crippen LogP contribution in [0.3, 0.4) is 0 Å². The summed E-state index contributed by atoms with van der Waals surface area (Å²) < 4.78 is 14.7. The third-order valence-electron chi connectivity index (χ3n) is 4.18. The van der Waals surface area contributed by atoms with E-state index in [9.17, 15) is 9.18 Å². The minimum atomic E-state index is -0.211. The number of hydrogen-bond acceptors (Lipinski definition) is 3. The highest BCUT2D eigenvalue weighted by Gasteiger charge is 2.23. The summed E-state index contributed by atoms with van der Waals surface area (Å²) in [5, 5.41) is 4.16. The zero-order valence-electron chi connectivity index (χ0n) is 13.3. The summed E-state index contributed by atoms with van der Waals surface area (Å²) in [6.45, 7) is 6.61. The fourth-order valence-corrected chi connectivity index (χ4v) is 2.79. The molecule has 1 aromatic carbocycles. The highest BCUT2D eigenvalue weighted by atomic mass is 19.1. The fourth-order valence-electron chi connectivity index (χ4n) is 2.79. The van der Waals surface area contributed by atoms with Gasteiger partial charge in [0, 0.05) is 45.5 Å². The number of hydrogen-bond donors (Lipinski definition) is 0. The van der Waals surface area contributed by atoms with Crippen LogP contribution in [0.25, 0.3) is 0 Å². The van der Waals surface area contributed by atoms with Crippen molar-refractivity contribution < 1.29 is 9.18 Å². The van der Waals surface area contributed by atoms with E-state index in [1.807, 2.05) is 24.0 Å². The summed E-state index contributed by atoms with van der Waals surface area (Å²) in [5.74, 6) is -0.164. The number of rotatable bonds is 4. The molecule has 1 aliphatic rings. The number of piperazine rings is 1. The lowest BCUT2D eigenvalue weighted by Crippen LogP contribution is -2.48. The summed E-state index contributed by atoms with van der Waals surface area (Å²) in [5.41, 5.74) is 1.74. The third-order valence-corrected chi connectivity index (χ3v) is 4.18. The maximum absolute atomic E-state index is 12.9. The lowest BCUT2D eigenvalue weighted by molar-refractivity contribution is 0.0628. The van der Waals surface area contributed by atoms with Gasteiger partial charge < -0.3 is 4.90 Å². The number of amides is 1. The van der Waals surface area contributed by atoms with Gasteiger partial charge in [-0.15, -0.1) is 0 Å². The van der Waals surface area contributed by atoms with Gasteiger partial charge in [0.1, 0.15) is 5.82 Å². The number of nitrogens with zero attached hydrogens (tertiary/aromatic N) is 4. The van der Waals surface area contributed by atoms with Crippen molar-refractivity contribution in [3.63, 3.8) is 0 Å². The molecule has 23 heavy (non-hydrogen) atoms. The first-order valence-electron chi connectivity index (χ1n) is 7.94. The molecule has 6 heteroatoms. The van der Waals surface area contributed by atoms with E-state index in [-0.39, 0.29) is 11.7 Å². The molecule has 5 nitrogen and oxygen atoms in total. The van der Waals surface area contributed by atoms with Gasteiger partial charge in [-0.3, -0.25) is 14.4 Å².